The lowest BCUT2D eigenvalue weighted by Gasteiger charge is -2.04. The highest BCUT2D eigenvalue weighted by molar-refractivity contribution is 5.58. The quantitative estimate of drug-likeness (QED) is 0.863. The largest absolute Gasteiger partial charge is 0.459 e. The molecule has 1 heterocycles. The molecule has 0 radical (unpaired) electrons. The van der Waals surface area contributed by atoms with E-state index >= 15 is 0 Å². The van der Waals surface area contributed by atoms with Gasteiger partial charge in [0, 0.05) is 5.56 Å². The maximum absolute atomic E-state index is 5.95. The van der Waals surface area contributed by atoms with E-state index in [1.807, 2.05) is 12.1 Å². The van der Waals surface area contributed by atoms with Crippen LogP contribution in [-0.2, 0) is 6.42 Å². The summed E-state index contributed by atoms with van der Waals surface area (Å²) in [4.78, 5) is 0. The van der Waals surface area contributed by atoms with Crippen LogP contribution in [0.25, 0.3) is 11.3 Å². The molecule has 2 aromatic rings. The Kier molecular flexibility index (Phi) is 3.64. The van der Waals surface area contributed by atoms with Gasteiger partial charge in [-0.2, -0.15) is 0 Å². The third kappa shape index (κ3) is 2.59. The Hall–Kier alpha value is -1.54. The van der Waals surface area contributed by atoms with Gasteiger partial charge in [0.2, 0.25) is 0 Å². The van der Waals surface area contributed by atoms with Crippen LogP contribution < -0.4 is 5.73 Å². The van der Waals surface area contributed by atoms with Crippen LogP contribution in [0.1, 0.15) is 37.6 Å². The topological polar surface area (TPSA) is 39.2 Å². The predicted molar refractivity (Wildman–Crippen MR) is 70.7 cm³/mol. The third-order valence-corrected chi connectivity index (χ3v) is 3.05. The van der Waals surface area contributed by atoms with Crippen LogP contribution in [0.5, 0.6) is 0 Å². The summed E-state index contributed by atoms with van der Waals surface area (Å²) < 4.78 is 5.80. The SMILES string of the molecule is CCc1cccc(-c2ccc(C(N)CC)o2)c1. The molecule has 1 atom stereocenters. The van der Waals surface area contributed by atoms with Crippen molar-refractivity contribution in [2.45, 2.75) is 32.7 Å². The van der Waals surface area contributed by atoms with E-state index in [0.29, 0.717) is 0 Å². The van der Waals surface area contributed by atoms with E-state index < -0.39 is 0 Å². The zero-order chi connectivity index (χ0) is 12.3. The summed E-state index contributed by atoms with van der Waals surface area (Å²) in [5, 5.41) is 0. The van der Waals surface area contributed by atoms with Crippen molar-refractivity contribution < 1.29 is 4.42 Å². The van der Waals surface area contributed by atoms with Crippen LogP contribution in [0, 0.1) is 0 Å². The molecule has 0 spiro atoms. The second kappa shape index (κ2) is 5.19. The number of nitrogens with two attached hydrogens (primary N) is 1. The molecule has 0 aliphatic rings. The summed E-state index contributed by atoms with van der Waals surface area (Å²) in [6.07, 6.45) is 1.93. The van der Waals surface area contributed by atoms with E-state index in [0.717, 1.165) is 29.9 Å². The van der Waals surface area contributed by atoms with Gasteiger partial charge in [-0.3, -0.25) is 0 Å². The van der Waals surface area contributed by atoms with Crippen molar-refractivity contribution in [1.29, 1.82) is 0 Å². The molecule has 0 saturated heterocycles. The molecule has 2 nitrogen and oxygen atoms in total. The van der Waals surface area contributed by atoms with Gasteiger partial charge in [-0.15, -0.1) is 0 Å². The van der Waals surface area contributed by atoms with Gasteiger partial charge in [-0.1, -0.05) is 32.0 Å². The first-order chi connectivity index (χ1) is 8.24. The number of aryl methyl sites for hydroxylation is 1. The molecule has 0 aliphatic heterocycles. The van der Waals surface area contributed by atoms with Crippen molar-refractivity contribution in [1.82, 2.24) is 0 Å². The van der Waals surface area contributed by atoms with Crippen LogP contribution in [0.3, 0.4) is 0 Å². The van der Waals surface area contributed by atoms with Gasteiger partial charge >= 0.3 is 0 Å². The molecule has 0 saturated carbocycles. The van der Waals surface area contributed by atoms with E-state index in [2.05, 4.69) is 38.1 Å². The van der Waals surface area contributed by atoms with E-state index in [9.17, 15) is 0 Å². The molecule has 2 rings (SSSR count). The minimum absolute atomic E-state index is 0.00175. The number of furan rings is 1. The molecule has 0 bridgehead atoms. The van der Waals surface area contributed by atoms with Crippen LogP contribution in [0.4, 0.5) is 0 Å². The molecular formula is C15H19NO. The Morgan fingerprint density at radius 3 is 2.71 bits per heavy atom. The second-order valence-electron chi connectivity index (χ2n) is 4.27. The fourth-order valence-corrected chi connectivity index (χ4v) is 1.85. The van der Waals surface area contributed by atoms with E-state index in [4.69, 9.17) is 10.2 Å². The zero-order valence-corrected chi connectivity index (χ0v) is 10.4. The lowest BCUT2D eigenvalue weighted by atomic mass is 10.1. The van der Waals surface area contributed by atoms with E-state index in [1.165, 1.54) is 5.56 Å². The smallest absolute Gasteiger partial charge is 0.134 e. The summed E-state index contributed by atoms with van der Waals surface area (Å²) in [5.74, 6) is 1.77. The van der Waals surface area contributed by atoms with Gasteiger partial charge in [0.15, 0.2) is 0 Å². The highest BCUT2D eigenvalue weighted by atomic mass is 16.3. The molecule has 1 aromatic carbocycles. The minimum atomic E-state index is -0.00175. The number of rotatable bonds is 4. The fourth-order valence-electron chi connectivity index (χ4n) is 1.85. The predicted octanol–water partition coefficient (Wildman–Crippen LogP) is 3.92. The van der Waals surface area contributed by atoms with E-state index in [-0.39, 0.29) is 6.04 Å². The van der Waals surface area contributed by atoms with Gasteiger partial charge in [0.1, 0.15) is 11.5 Å². The Morgan fingerprint density at radius 2 is 2.00 bits per heavy atom. The second-order valence-corrected chi connectivity index (χ2v) is 4.27. The van der Waals surface area contributed by atoms with Gasteiger partial charge in [-0.05, 0) is 36.6 Å². The minimum Gasteiger partial charge on any atom is -0.459 e. The van der Waals surface area contributed by atoms with Gasteiger partial charge in [0.05, 0.1) is 6.04 Å². The van der Waals surface area contributed by atoms with Crippen molar-refractivity contribution >= 4 is 0 Å². The van der Waals surface area contributed by atoms with Gasteiger partial charge in [0.25, 0.3) is 0 Å². The molecule has 0 amide bonds. The highest BCUT2D eigenvalue weighted by Gasteiger charge is 2.10. The van der Waals surface area contributed by atoms with Crippen molar-refractivity contribution in [3.05, 3.63) is 47.7 Å². The molecular weight excluding hydrogens is 210 g/mol. The Bertz CT molecular complexity index is 487. The first kappa shape index (κ1) is 11.9. The molecule has 17 heavy (non-hydrogen) atoms. The molecule has 1 unspecified atom stereocenters. The van der Waals surface area contributed by atoms with Gasteiger partial charge < -0.3 is 10.2 Å². The van der Waals surface area contributed by atoms with Crippen LogP contribution in [-0.4, -0.2) is 0 Å². The molecule has 0 fully saturated rings. The lowest BCUT2D eigenvalue weighted by molar-refractivity contribution is 0.470. The lowest BCUT2D eigenvalue weighted by Crippen LogP contribution is -2.06. The molecule has 2 heteroatoms. The van der Waals surface area contributed by atoms with Crippen molar-refractivity contribution in [3.8, 4) is 11.3 Å². The average molecular weight is 229 g/mol. The van der Waals surface area contributed by atoms with Crippen molar-refractivity contribution in [2.75, 3.05) is 0 Å². The number of benzene rings is 1. The summed E-state index contributed by atoms with van der Waals surface area (Å²) in [6, 6.07) is 12.4. The van der Waals surface area contributed by atoms with E-state index in [1.54, 1.807) is 0 Å². The maximum Gasteiger partial charge on any atom is 0.134 e. The zero-order valence-electron chi connectivity index (χ0n) is 10.4. The van der Waals surface area contributed by atoms with Crippen molar-refractivity contribution in [3.63, 3.8) is 0 Å². The third-order valence-electron chi connectivity index (χ3n) is 3.05. The molecule has 1 aromatic heterocycles. The maximum atomic E-state index is 5.95. The fraction of sp³-hybridized carbons (Fsp3) is 0.333. The summed E-state index contributed by atoms with van der Waals surface area (Å²) in [5.41, 5.74) is 8.39. The average Bonchev–Trinajstić information content (AvgIpc) is 2.87. The molecule has 2 N–H and O–H groups in total. The summed E-state index contributed by atoms with van der Waals surface area (Å²) in [7, 11) is 0. The Morgan fingerprint density at radius 1 is 1.18 bits per heavy atom. The Balaban J connectivity index is 2.30. The first-order valence-electron chi connectivity index (χ1n) is 6.19. The van der Waals surface area contributed by atoms with Gasteiger partial charge in [-0.25, -0.2) is 0 Å². The van der Waals surface area contributed by atoms with Crippen molar-refractivity contribution in [2.24, 2.45) is 5.73 Å². The Labute approximate surface area is 102 Å². The standard InChI is InChI=1S/C15H19NO/c1-3-11-6-5-7-12(10-11)14-8-9-15(17-14)13(16)4-2/h5-10,13H,3-4,16H2,1-2H3. The first-order valence-corrected chi connectivity index (χ1v) is 6.19. The van der Waals surface area contributed by atoms with Crippen LogP contribution in [0.2, 0.25) is 0 Å². The normalized spacial score (nSPS) is 12.6. The molecule has 0 aliphatic carbocycles. The van der Waals surface area contributed by atoms with Crippen LogP contribution in [0.15, 0.2) is 40.8 Å². The molecule has 90 valence electrons. The number of hydrogen-bond donors (Lipinski definition) is 1. The number of hydrogen-bond acceptors (Lipinski definition) is 2. The summed E-state index contributed by atoms with van der Waals surface area (Å²) >= 11 is 0. The highest BCUT2D eigenvalue weighted by Crippen LogP contribution is 2.26. The summed E-state index contributed by atoms with van der Waals surface area (Å²) in [6.45, 7) is 4.21. The monoisotopic (exact) mass is 229 g/mol. The van der Waals surface area contributed by atoms with Crippen LogP contribution >= 0.6 is 0 Å².